The number of hydrogen-bond acceptors (Lipinski definition) is 3. The predicted molar refractivity (Wildman–Crippen MR) is 231 cm³/mol. The summed E-state index contributed by atoms with van der Waals surface area (Å²) in [7, 11) is 0. The number of benzene rings is 8. The molecule has 260 valence electrons. The minimum Gasteiger partial charge on any atom is -0.309 e. The fraction of sp³-hybridized carbons (Fsp3) is 0. The maximum Gasteiger partial charge on any atom is 0.164 e. The summed E-state index contributed by atoms with van der Waals surface area (Å²) >= 11 is 0. The van der Waals surface area contributed by atoms with Crippen molar-refractivity contribution in [1.82, 2.24) is 23.9 Å². The standard InChI is InChI=1S/C51H31N5/c1-3-15-32(16-4-1)36-21-7-8-24-41(36)51-53-49(33-17-5-2-6-18-33)52-50(54-51)34-19-13-20-35(29-34)55-44-27-11-10-23-38(44)42-30-43-40-26-14-25-39-37-22-9-12-28-45(37)56(48(39)40)47(43)31-46(42)55/h1-31H. The summed E-state index contributed by atoms with van der Waals surface area (Å²) < 4.78 is 4.85. The first-order valence-corrected chi connectivity index (χ1v) is 19.0. The van der Waals surface area contributed by atoms with Crippen LogP contribution >= 0.6 is 0 Å². The van der Waals surface area contributed by atoms with Gasteiger partial charge >= 0.3 is 0 Å². The number of fused-ring (bicyclic) bond motifs is 9. The average Bonchev–Trinajstić information content (AvgIpc) is 3.91. The van der Waals surface area contributed by atoms with E-state index >= 15 is 0 Å². The molecule has 0 unspecified atom stereocenters. The summed E-state index contributed by atoms with van der Waals surface area (Å²) in [5.74, 6) is 1.89. The van der Waals surface area contributed by atoms with Gasteiger partial charge in [0.15, 0.2) is 17.5 Å². The first kappa shape index (κ1) is 30.8. The molecule has 0 spiro atoms. The molecule has 0 saturated carbocycles. The minimum atomic E-state index is 0.622. The smallest absolute Gasteiger partial charge is 0.164 e. The fourth-order valence-corrected chi connectivity index (χ4v) is 8.84. The topological polar surface area (TPSA) is 48.0 Å². The molecule has 0 atom stereocenters. The van der Waals surface area contributed by atoms with Crippen LogP contribution in [0.5, 0.6) is 0 Å². The van der Waals surface area contributed by atoms with Gasteiger partial charge in [-0.1, -0.05) is 152 Å². The van der Waals surface area contributed by atoms with Crippen molar-refractivity contribution in [2.24, 2.45) is 0 Å². The lowest BCUT2D eigenvalue weighted by Gasteiger charge is -2.13. The van der Waals surface area contributed by atoms with E-state index in [1.165, 1.54) is 48.9 Å². The van der Waals surface area contributed by atoms with E-state index in [4.69, 9.17) is 15.0 Å². The molecule has 0 saturated heterocycles. The van der Waals surface area contributed by atoms with Gasteiger partial charge in [0.25, 0.3) is 0 Å². The summed E-state index contributed by atoms with van der Waals surface area (Å²) in [6.07, 6.45) is 0. The quantitative estimate of drug-likeness (QED) is 0.178. The molecule has 0 fully saturated rings. The van der Waals surface area contributed by atoms with Crippen molar-refractivity contribution in [3.05, 3.63) is 188 Å². The Morgan fingerprint density at radius 1 is 0.304 bits per heavy atom. The highest BCUT2D eigenvalue weighted by atomic mass is 15.0. The highest BCUT2D eigenvalue weighted by Gasteiger charge is 2.21. The lowest BCUT2D eigenvalue weighted by atomic mass is 9.99. The predicted octanol–water partition coefficient (Wildman–Crippen LogP) is 12.8. The van der Waals surface area contributed by atoms with Crippen molar-refractivity contribution < 1.29 is 0 Å². The van der Waals surface area contributed by atoms with Gasteiger partial charge in [0.2, 0.25) is 0 Å². The van der Waals surface area contributed by atoms with Crippen molar-refractivity contribution in [2.45, 2.75) is 0 Å². The van der Waals surface area contributed by atoms with Crippen molar-refractivity contribution in [1.29, 1.82) is 0 Å². The molecule has 12 rings (SSSR count). The Hall–Kier alpha value is -7.63. The van der Waals surface area contributed by atoms with Crippen LogP contribution in [0.3, 0.4) is 0 Å². The Morgan fingerprint density at radius 2 is 0.839 bits per heavy atom. The van der Waals surface area contributed by atoms with Crippen molar-refractivity contribution in [3.8, 4) is 51.0 Å². The van der Waals surface area contributed by atoms with Crippen LogP contribution in [0.2, 0.25) is 0 Å². The van der Waals surface area contributed by atoms with E-state index < -0.39 is 0 Å². The molecule has 0 bridgehead atoms. The SMILES string of the molecule is c1ccc(-c2nc(-c3cccc(-n4c5ccccc5c5cc6c7cccc8c9ccccc9n(c6cc54)c87)c3)nc(-c3ccccc3-c3ccccc3)n2)cc1. The van der Waals surface area contributed by atoms with Crippen molar-refractivity contribution in [2.75, 3.05) is 0 Å². The van der Waals surface area contributed by atoms with Crippen molar-refractivity contribution >= 4 is 59.9 Å². The van der Waals surface area contributed by atoms with E-state index in [9.17, 15) is 0 Å². The third kappa shape index (κ3) is 4.52. The lowest BCUT2D eigenvalue weighted by Crippen LogP contribution is -2.02. The van der Waals surface area contributed by atoms with E-state index in [1.54, 1.807) is 0 Å². The molecule has 4 heterocycles. The van der Waals surface area contributed by atoms with Gasteiger partial charge in [0.1, 0.15) is 0 Å². The Kier molecular flexibility index (Phi) is 6.56. The zero-order valence-corrected chi connectivity index (χ0v) is 30.1. The molecule has 0 aliphatic carbocycles. The maximum absolute atomic E-state index is 5.21. The Balaban J connectivity index is 1.09. The molecule has 0 N–H and O–H groups in total. The van der Waals surface area contributed by atoms with E-state index in [-0.39, 0.29) is 0 Å². The molecule has 0 aliphatic heterocycles. The Bertz CT molecular complexity index is 3470. The first-order chi connectivity index (χ1) is 27.8. The van der Waals surface area contributed by atoms with Crippen LogP contribution in [-0.2, 0) is 0 Å². The Morgan fingerprint density at radius 3 is 1.62 bits per heavy atom. The lowest BCUT2D eigenvalue weighted by molar-refractivity contribution is 1.07. The van der Waals surface area contributed by atoms with Gasteiger partial charge in [0, 0.05) is 54.7 Å². The zero-order chi connectivity index (χ0) is 36.7. The second-order valence-corrected chi connectivity index (χ2v) is 14.4. The van der Waals surface area contributed by atoms with Crippen LogP contribution in [0.1, 0.15) is 0 Å². The largest absolute Gasteiger partial charge is 0.309 e. The molecular weight excluding hydrogens is 683 g/mol. The maximum atomic E-state index is 5.21. The zero-order valence-electron chi connectivity index (χ0n) is 30.1. The highest BCUT2D eigenvalue weighted by molar-refractivity contribution is 6.26. The number of hydrogen-bond donors (Lipinski definition) is 0. The fourth-order valence-electron chi connectivity index (χ4n) is 8.84. The van der Waals surface area contributed by atoms with Crippen LogP contribution in [-0.4, -0.2) is 23.9 Å². The number of aromatic nitrogens is 5. The summed E-state index contributed by atoms with van der Waals surface area (Å²) in [6.45, 7) is 0. The van der Waals surface area contributed by atoms with Crippen LogP contribution < -0.4 is 0 Å². The molecule has 4 aromatic heterocycles. The van der Waals surface area contributed by atoms with Crippen LogP contribution in [0.15, 0.2) is 188 Å². The monoisotopic (exact) mass is 713 g/mol. The molecule has 56 heavy (non-hydrogen) atoms. The summed E-state index contributed by atoms with van der Waals surface area (Å²) in [4.78, 5) is 15.4. The Labute approximate surface area is 321 Å². The van der Waals surface area contributed by atoms with Crippen LogP contribution in [0.4, 0.5) is 0 Å². The van der Waals surface area contributed by atoms with Gasteiger partial charge < -0.3 is 8.97 Å². The highest BCUT2D eigenvalue weighted by Crippen LogP contribution is 2.43. The second kappa shape index (κ2) is 11.9. The molecule has 0 aliphatic rings. The van der Waals surface area contributed by atoms with Gasteiger partial charge in [-0.05, 0) is 47.5 Å². The van der Waals surface area contributed by atoms with E-state index in [0.717, 1.165) is 44.5 Å². The molecule has 5 heteroatoms. The average molecular weight is 714 g/mol. The second-order valence-electron chi connectivity index (χ2n) is 14.4. The molecule has 0 radical (unpaired) electrons. The molecule has 0 amide bonds. The molecule has 8 aromatic carbocycles. The van der Waals surface area contributed by atoms with Crippen LogP contribution in [0, 0.1) is 0 Å². The molecular formula is C51H31N5. The third-order valence-corrected chi connectivity index (χ3v) is 11.3. The van der Waals surface area contributed by atoms with Gasteiger partial charge in [-0.3, -0.25) is 0 Å². The first-order valence-electron chi connectivity index (χ1n) is 19.0. The minimum absolute atomic E-state index is 0.622. The van der Waals surface area contributed by atoms with Gasteiger partial charge in [-0.15, -0.1) is 0 Å². The number of rotatable bonds is 5. The van der Waals surface area contributed by atoms with Crippen LogP contribution in [0.25, 0.3) is 111 Å². The van der Waals surface area contributed by atoms with Gasteiger partial charge in [-0.25, -0.2) is 15.0 Å². The van der Waals surface area contributed by atoms with Gasteiger partial charge in [0.05, 0.1) is 27.6 Å². The third-order valence-electron chi connectivity index (χ3n) is 11.3. The summed E-state index contributed by atoms with van der Waals surface area (Å²) in [5, 5.41) is 7.56. The normalized spacial score (nSPS) is 11.9. The number of para-hydroxylation sites is 3. The van der Waals surface area contributed by atoms with E-state index in [0.29, 0.717) is 17.5 Å². The number of nitrogens with zero attached hydrogens (tertiary/aromatic N) is 5. The summed E-state index contributed by atoms with van der Waals surface area (Å²) in [6, 6.07) is 66.5. The van der Waals surface area contributed by atoms with E-state index in [1.807, 2.05) is 30.3 Å². The molecule has 12 aromatic rings. The van der Waals surface area contributed by atoms with E-state index in [2.05, 4.69) is 167 Å². The molecule has 5 nitrogen and oxygen atoms in total. The summed E-state index contributed by atoms with van der Waals surface area (Å²) in [5.41, 5.74) is 12.1. The van der Waals surface area contributed by atoms with Gasteiger partial charge in [-0.2, -0.15) is 0 Å². The van der Waals surface area contributed by atoms with Crippen molar-refractivity contribution in [3.63, 3.8) is 0 Å².